The van der Waals surface area contributed by atoms with Crippen LogP contribution in [0.2, 0.25) is 0 Å². The summed E-state index contributed by atoms with van der Waals surface area (Å²) in [5, 5.41) is 0. The van der Waals surface area contributed by atoms with E-state index < -0.39 is 25.5 Å². The molecule has 0 radical (unpaired) electrons. The van der Waals surface area contributed by atoms with Crippen LogP contribution in [0.5, 0.6) is 0 Å². The van der Waals surface area contributed by atoms with Gasteiger partial charge in [0.2, 0.25) is 0 Å². The molecule has 0 aliphatic rings. The highest BCUT2D eigenvalue weighted by molar-refractivity contribution is 8.13. The minimum atomic E-state index is -4.19. The van der Waals surface area contributed by atoms with E-state index in [-0.39, 0.29) is 5.56 Å². The molecule has 0 aromatic carbocycles. The summed E-state index contributed by atoms with van der Waals surface area (Å²) in [6.45, 7) is 0. The van der Waals surface area contributed by atoms with E-state index in [9.17, 15) is 18.0 Å². The molecule has 88 valence electrons. The first-order chi connectivity index (χ1) is 7.27. The van der Waals surface area contributed by atoms with Crippen molar-refractivity contribution in [2.24, 2.45) is 7.05 Å². The van der Waals surface area contributed by atoms with Crippen molar-refractivity contribution in [3.8, 4) is 0 Å². The van der Waals surface area contributed by atoms with Gasteiger partial charge in [-0.3, -0.25) is 4.79 Å². The van der Waals surface area contributed by atoms with Crippen LogP contribution in [0.4, 0.5) is 0 Å². The van der Waals surface area contributed by atoms with Crippen molar-refractivity contribution >= 4 is 25.7 Å². The second-order valence-electron chi connectivity index (χ2n) is 2.94. The number of pyridine rings is 1. The Balaban J connectivity index is 3.59. The minimum absolute atomic E-state index is 0.0659. The zero-order valence-corrected chi connectivity index (χ0v) is 10.0. The number of hydrogen-bond acceptors (Lipinski definition) is 5. The predicted molar refractivity (Wildman–Crippen MR) is 56.1 cm³/mol. The fourth-order valence-corrected chi connectivity index (χ4v) is 2.04. The number of carbonyl (C=O) groups excluding carboxylic acids is 1. The van der Waals surface area contributed by atoms with Crippen LogP contribution in [-0.2, 0) is 20.8 Å². The molecular formula is C8H8ClNO5S. The van der Waals surface area contributed by atoms with Crippen LogP contribution >= 0.6 is 10.7 Å². The van der Waals surface area contributed by atoms with Crippen molar-refractivity contribution in [3.63, 3.8) is 0 Å². The highest BCUT2D eigenvalue weighted by Crippen LogP contribution is 2.12. The number of nitrogens with zero attached hydrogens (tertiary/aromatic N) is 1. The van der Waals surface area contributed by atoms with Gasteiger partial charge in [0.1, 0.15) is 4.90 Å². The molecule has 1 heterocycles. The van der Waals surface area contributed by atoms with Crippen molar-refractivity contribution in [2.45, 2.75) is 4.90 Å². The maximum absolute atomic E-state index is 11.4. The molecule has 0 saturated heterocycles. The maximum Gasteiger partial charge on any atom is 0.339 e. The van der Waals surface area contributed by atoms with E-state index in [2.05, 4.69) is 4.74 Å². The fourth-order valence-electron chi connectivity index (χ4n) is 1.09. The van der Waals surface area contributed by atoms with Gasteiger partial charge in [-0.15, -0.1) is 0 Å². The number of rotatable bonds is 2. The molecule has 0 bridgehead atoms. The molecule has 0 N–H and O–H groups in total. The van der Waals surface area contributed by atoms with Crippen LogP contribution in [-0.4, -0.2) is 26.1 Å². The Morgan fingerprint density at radius 3 is 2.50 bits per heavy atom. The molecule has 1 aromatic rings. The van der Waals surface area contributed by atoms with Gasteiger partial charge in [0, 0.05) is 23.9 Å². The minimum Gasteiger partial charge on any atom is -0.465 e. The van der Waals surface area contributed by atoms with Gasteiger partial charge in [-0.2, -0.15) is 0 Å². The van der Waals surface area contributed by atoms with Crippen molar-refractivity contribution in [2.75, 3.05) is 7.11 Å². The largest absolute Gasteiger partial charge is 0.465 e. The third-order valence-corrected chi connectivity index (χ3v) is 3.15. The highest BCUT2D eigenvalue weighted by Gasteiger charge is 2.19. The first-order valence-electron chi connectivity index (χ1n) is 4.01. The number of aryl methyl sites for hydroxylation is 1. The van der Waals surface area contributed by atoms with Crippen molar-refractivity contribution in [1.29, 1.82) is 0 Å². The summed E-state index contributed by atoms with van der Waals surface area (Å²) in [4.78, 5) is 22.0. The van der Waals surface area contributed by atoms with Gasteiger partial charge in [-0.05, 0) is 6.07 Å². The third-order valence-electron chi connectivity index (χ3n) is 1.83. The molecular weight excluding hydrogens is 258 g/mol. The van der Waals surface area contributed by atoms with Gasteiger partial charge < -0.3 is 9.30 Å². The molecule has 0 aliphatic heterocycles. The number of halogens is 1. The molecule has 0 amide bonds. The second-order valence-corrected chi connectivity index (χ2v) is 5.47. The summed E-state index contributed by atoms with van der Waals surface area (Å²) < 4.78 is 27.5. The maximum atomic E-state index is 11.4. The number of esters is 1. The lowest BCUT2D eigenvalue weighted by atomic mass is 10.3. The molecule has 0 atom stereocenters. The third kappa shape index (κ3) is 2.42. The van der Waals surface area contributed by atoms with Gasteiger partial charge >= 0.3 is 5.97 Å². The zero-order chi connectivity index (χ0) is 12.5. The van der Waals surface area contributed by atoms with Gasteiger partial charge in [0.05, 0.1) is 12.7 Å². The van der Waals surface area contributed by atoms with Crippen molar-refractivity contribution in [1.82, 2.24) is 4.57 Å². The van der Waals surface area contributed by atoms with Gasteiger partial charge in [-0.25, -0.2) is 13.2 Å². The fraction of sp³-hybridized carbons (Fsp3) is 0.250. The average molecular weight is 266 g/mol. The van der Waals surface area contributed by atoms with E-state index in [4.69, 9.17) is 10.7 Å². The molecule has 0 fully saturated rings. The summed E-state index contributed by atoms with van der Waals surface area (Å²) in [6.07, 6.45) is 1.17. The van der Waals surface area contributed by atoms with E-state index in [0.717, 1.165) is 17.7 Å². The SMILES string of the molecule is COC(=O)c1cc(S(=O)(=O)Cl)c(=O)n(C)c1. The Bertz CT molecular complexity index is 589. The number of hydrogen-bond donors (Lipinski definition) is 0. The Labute approximate surface area is 95.8 Å². The molecule has 6 nitrogen and oxygen atoms in total. The standard InChI is InChI=1S/C8H8ClNO5S/c1-10-4-5(8(12)15-2)3-6(7(10)11)16(9,13)14/h3-4H,1-2H3. The molecule has 8 heteroatoms. The van der Waals surface area contributed by atoms with Gasteiger partial charge in [0.15, 0.2) is 0 Å². The van der Waals surface area contributed by atoms with Crippen LogP contribution in [0.15, 0.2) is 22.0 Å². The predicted octanol–water partition coefficient (Wildman–Crippen LogP) is 0.0994. The highest BCUT2D eigenvalue weighted by atomic mass is 35.7. The first-order valence-corrected chi connectivity index (χ1v) is 6.32. The zero-order valence-electron chi connectivity index (χ0n) is 8.43. The summed E-state index contributed by atoms with van der Waals surface area (Å²) in [6, 6.07) is 0.885. The number of ether oxygens (including phenoxy) is 1. The smallest absolute Gasteiger partial charge is 0.339 e. The average Bonchev–Trinajstić information content (AvgIpc) is 2.18. The van der Waals surface area contributed by atoms with E-state index in [0.29, 0.717) is 0 Å². The molecule has 0 spiro atoms. The monoisotopic (exact) mass is 265 g/mol. The van der Waals surface area contributed by atoms with Crippen molar-refractivity contribution < 1.29 is 17.9 Å². The summed E-state index contributed by atoms with van der Waals surface area (Å²) in [5.74, 6) is -0.753. The van der Waals surface area contributed by atoms with Crippen molar-refractivity contribution in [3.05, 3.63) is 28.2 Å². The summed E-state index contributed by atoms with van der Waals surface area (Å²) in [5.41, 5.74) is -0.869. The Morgan fingerprint density at radius 2 is 2.06 bits per heavy atom. The Hall–Kier alpha value is -1.34. The molecule has 16 heavy (non-hydrogen) atoms. The normalized spacial score (nSPS) is 11.2. The lowest BCUT2D eigenvalue weighted by Crippen LogP contribution is -2.23. The quantitative estimate of drug-likeness (QED) is 0.559. The molecule has 0 aliphatic carbocycles. The van der Waals surface area contributed by atoms with Gasteiger partial charge in [0.25, 0.3) is 14.6 Å². The topological polar surface area (TPSA) is 82.4 Å². The van der Waals surface area contributed by atoms with E-state index >= 15 is 0 Å². The lowest BCUT2D eigenvalue weighted by molar-refractivity contribution is 0.0599. The van der Waals surface area contributed by atoms with E-state index in [1.165, 1.54) is 13.2 Å². The summed E-state index contributed by atoms with van der Waals surface area (Å²) in [7, 11) is 3.32. The molecule has 1 rings (SSSR count). The Morgan fingerprint density at radius 1 is 1.50 bits per heavy atom. The van der Waals surface area contributed by atoms with Crippen LogP contribution in [0, 0.1) is 0 Å². The first kappa shape index (κ1) is 12.7. The molecule has 0 unspecified atom stereocenters. The number of aromatic nitrogens is 1. The Kier molecular flexibility index (Phi) is 3.39. The van der Waals surface area contributed by atoms with Crippen LogP contribution in [0.3, 0.4) is 0 Å². The summed E-state index contributed by atoms with van der Waals surface area (Å²) >= 11 is 0. The number of carbonyl (C=O) groups is 1. The molecule has 1 aromatic heterocycles. The number of methoxy groups -OCH3 is 1. The molecule has 0 saturated carbocycles. The van der Waals surface area contributed by atoms with E-state index in [1.807, 2.05) is 0 Å². The van der Waals surface area contributed by atoms with Gasteiger partial charge in [-0.1, -0.05) is 0 Å². The van der Waals surface area contributed by atoms with Crippen LogP contribution in [0.1, 0.15) is 10.4 Å². The lowest BCUT2D eigenvalue weighted by Gasteiger charge is -2.04. The second kappa shape index (κ2) is 4.26. The van der Waals surface area contributed by atoms with Crippen LogP contribution < -0.4 is 5.56 Å². The van der Waals surface area contributed by atoms with E-state index in [1.54, 1.807) is 0 Å². The van der Waals surface area contributed by atoms with Crippen LogP contribution in [0.25, 0.3) is 0 Å².